The van der Waals surface area contributed by atoms with Crippen LogP contribution in [0.4, 0.5) is 0 Å². The molecule has 1 aromatic heterocycles. The summed E-state index contributed by atoms with van der Waals surface area (Å²) in [7, 11) is 0. The minimum atomic E-state index is -0.000192. The molecule has 4 nitrogen and oxygen atoms in total. The lowest BCUT2D eigenvalue weighted by atomic mass is 10.2. The molecular formula is C16H22N2O2. The fraction of sp³-hybridized carbons (Fsp3) is 0.438. The molecule has 0 saturated heterocycles. The second kappa shape index (κ2) is 6.57. The Kier molecular flexibility index (Phi) is 4.79. The van der Waals surface area contributed by atoms with Gasteiger partial charge in [0, 0.05) is 18.9 Å². The van der Waals surface area contributed by atoms with Gasteiger partial charge in [0.05, 0.1) is 11.7 Å². The van der Waals surface area contributed by atoms with Crippen molar-refractivity contribution >= 4 is 16.8 Å². The maximum absolute atomic E-state index is 11.6. The highest BCUT2D eigenvalue weighted by Crippen LogP contribution is 2.27. The molecule has 4 heteroatoms. The van der Waals surface area contributed by atoms with Gasteiger partial charge in [-0.2, -0.15) is 0 Å². The van der Waals surface area contributed by atoms with E-state index in [0.717, 1.165) is 36.3 Å². The number of para-hydroxylation sites is 1. The monoisotopic (exact) mass is 274 g/mol. The summed E-state index contributed by atoms with van der Waals surface area (Å²) in [6.45, 7) is 9.42. The summed E-state index contributed by atoms with van der Waals surface area (Å²) in [5.74, 6) is 0.780. The summed E-state index contributed by atoms with van der Waals surface area (Å²) in [5, 5.41) is 0.988. The van der Waals surface area contributed by atoms with Crippen LogP contribution < -0.4 is 4.74 Å². The van der Waals surface area contributed by atoms with Crippen molar-refractivity contribution in [1.29, 1.82) is 0 Å². The van der Waals surface area contributed by atoms with Crippen LogP contribution in [0.5, 0.6) is 5.75 Å². The van der Waals surface area contributed by atoms with Gasteiger partial charge in [-0.25, -0.2) is 0 Å². The molecule has 1 aromatic carbocycles. The van der Waals surface area contributed by atoms with Gasteiger partial charge < -0.3 is 9.64 Å². The number of nitrogens with zero attached hydrogens (tertiary/aromatic N) is 2. The van der Waals surface area contributed by atoms with E-state index in [2.05, 4.69) is 18.7 Å². The van der Waals surface area contributed by atoms with Crippen molar-refractivity contribution in [3.8, 4) is 5.75 Å². The first-order valence-corrected chi connectivity index (χ1v) is 7.13. The van der Waals surface area contributed by atoms with Crippen LogP contribution in [0, 0.1) is 0 Å². The predicted molar refractivity (Wildman–Crippen MR) is 81.5 cm³/mol. The molecule has 0 radical (unpaired) electrons. The van der Waals surface area contributed by atoms with Crippen molar-refractivity contribution in [2.75, 3.05) is 26.2 Å². The zero-order valence-electron chi connectivity index (χ0n) is 12.4. The molecule has 0 aliphatic heterocycles. The first kappa shape index (κ1) is 14.6. The van der Waals surface area contributed by atoms with Crippen LogP contribution in [0.3, 0.4) is 0 Å². The lowest BCUT2D eigenvalue weighted by molar-refractivity contribution is 0.0941. The van der Waals surface area contributed by atoms with Crippen LogP contribution in [0.25, 0.3) is 10.9 Å². The Hall–Kier alpha value is -1.81. The maximum Gasteiger partial charge on any atom is 0.228 e. The van der Waals surface area contributed by atoms with Crippen molar-refractivity contribution in [3.05, 3.63) is 30.5 Å². The van der Waals surface area contributed by atoms with Gasteiger partial charge in [0.25, 0.3) is 0 Å². The topological polar surface area (TPSA) is 34.5 Å². The first-order valence-electron chi connectivity index (χ1n) is 7.13. The van der Waals surface area contributed by atoms with Crippen molar-refractivity contribution in [2.24, 2.45) is 0 Å². The second-order valence-corrected chi connectivity index (χ2v) is 4.77. The van der Waals surface area contributed by atoms with Crippen molar-refractivity contribution in [2.45, 2.75) is 20.8 Å². The SMILES string of the molecule is CCN(CC)CCOc1cn(C(C)=O)c2ccccc12. The van der Waals surface area contributed by atoms with Crippen LogP contribution in [-0.2, 0) is 0 Å². The fourth-order valence-electron chi connectivity index (χ4n) is 2.35. The van der Waals surface area contributed by atoms with E-state index < -0.39 is 0 Å². The van der Waals surface area contributed by atoms with E-state index in [1.807, 2.05) is 24.3 Å². The normalized spacial score (nSPS) is 11.2. The second-order valence-electron chi connectivity index (χ2n) is 4.77. The Labute approximate surface area is 119 Å². The van der Waals surface area contributed by atoms with Crippen LogP contribution in [-0.4, -0.2) is 41.6 Å². The van der Waals surface area contributed by atoms with E-state index in [1.54, 1.807) is 17.7 Å². The molecule has 0 unspecified atom stereocenters. The molecule has 0 amide bonds. The molecule has 20 heavy (non-hydrogen) atoms. The quantitative estimate of drug-likeness (QED) is 0.812. The Morgan fingerprint density at radius 2 is 1.95 bits per heavy atom. The molecule has 0 N–H and O–H groups in total. The number of carbonyl (C=O) groups is 1. The first-order chi connectivity index (χ1) is 9.67. The summed E-state index contributed by atoms with van der Waals surface area (Å²) >= 11 is 0. The standard InChI is InChI=1S/C16H22N2O2/c1-4-17(5-2)10-11-20-16-12-18(13(3)19)15-9-7-6-8-14(15)16/h6-9,12H,4-5,10-11H2,1-3H3. The van der Waals surface area contributed by atoms with Gasteiger partial charge >= 0.3 is 0 Å². The van der Waals surface area contributed by atoms with E-state index in [1.165, 1.54) is 0 Å². The van der Waals surface area contributed by atoms with Crippen LogP contribution >= 0.6 is 0 Å². The van der Waals surface area contributed by atoms with Crippen LogP contribution in [0.2, 0.25) is 0 Å². The van der Waals surface area contributed by atoms with Gasteiger partial charge in [-0.05, 0) is 25.2 Å². The lowest BCUT2D eigenvalue weighted by Crippen LogP contribution is -2.27. The molecule has 0 bridgehead atoms. The third-order valence-corrected chi connectivity index (χ3v) is 3.57. The highest BCUT2D eigenvalue weighted by Gasteiger charge is 2.11. The minimum absolute atomic E-state index is 0.000192. The highest BCUT2D eigenvalue weighted by molar-refractivity contribution is 5.95. The van der Waals surface area contributed by atoms with Crippen molar-refractivity contribution in [1.82, 2.24) is 9.47 Å². The summed E-state index contributed by atoms with van der Waals surface area (Å²) in [6, 6.07) is 7.82. The summed E-state index contributed by atoms with van der Waals surface area (Å²) < 4.78 is 7.51. The van der Waals surface area contributed by atoms with Gasteiger partial charge in [0.15, 0.2) is 0 Å². The zero-order chi connectivity index (χ0) is 14.5. The number of hydrogen-bond donors (Lipinski definition) is 0. The van der Waals surface area contributed by atoms with E-state index in [4.69, 9.17) is 4.74 Å². The van der Waals surface area contributed by atoms with E-state index in [-0.39, 0.29) is 5.91 Å². The van der Waals surface area contributed by atoms with Crippen LogP contribution in [0.1, 0.15) is 25.6 Å². The largest absolute Gasteiger partial charge is 0.490 e. The molecule has 2 aromatic rings. The number of rotatable bonds is 6. The molecule has 0 fully saturated rings. The average molecular weight is 274 g/mol. The fourth-order valence-corrected chi connectivity index (χ4v) is 2.35. The molecule has 0 aliphatic carbocycles. The number of carbonyl (C=O) groups excluding carboxylic acids is 1. The molecule has 0 aliphatic rings. The smallest absolute Gasteiger partial charge is 0.228 e. The van der Waals surface area contributed by atoms with Crippen molar-refractivity contribution < 1.29 is 9.53 Å². The van der Waals surface area contributed by atoms with Gasteiger partial charge in [-0.3, -0.25) is 9.36 Å². The third kappa shape index (κ3) is 3.02. The van der Waals surface area contributed by atoms with Crippen molar-refractivity contribution in [3.63, 3.8) is 0 Å². The summed E-state index contributed by atoms with van der Waals surface area (Å²) in [6.07, 6.45) is 1.79. The number of fused-ring (bicyclic) bond motifs is 1. The predicted octanol–water partition coefficient (Wildman–Crippen LogP) is 3.02. The van der Waals surface area contributed by atoms with E-state index in [0.29, 0.717) is 6.61 Å². The molecule has 0 saturated carbocycles. The van der Waals surface area contributed by atoms with Gasteiger partial charge in [0.2, 0.25) is 5.91 Å². The minimum Gasteiger partial charge on any atom is -0.490 e. The number of hydrogen-bond acceptors (Lipinski definition) is 3. The van der Waals surface area contributed by atoms with Gasteiger partial charge in [-0.1, -0.05) is 26.0 Å². The van der Waals surface area contributed by atoms with E-state index in [9.17, 15) is 4.79 Å². The molecule has 108 valence electrons. The van der Waals surface area contributed by atoms with E-state index >= 15 is 0 Å². The Morgan fingerprint density at radius 1 is 1.25 bits per heavy atom. The molecule has 1 heterocycles. The van der Waals surface area contributed by atoms with Gasteiger partial charge in [0.1, 0.15) is 12.4 Å². The van der Waals surface area contributed by atoms with Gasteiger partial charge in [-0.15, -0.1) is 0 Å². The Morgan fingerprint density at radius 3 is 2.60 bits per heavy atom. The number of likely N-dealkylation sites (N-methyl/N-ethyl adjacent to an activating group) is 1. The maximum atomic E-state index is 11.6. The Balaban J connectivity index is 2.16. The summed E-state index contributed by atoms with van der Waals surface area (Å²) in [4.78, 5) is 14.0. The number of ether oxygens (including phenoxy) is 1. The lowest BCUT2D eigenvalue weighted by Gasteiger charge is -2.17. The van der Waals surface area contributed by atoms with Crippen LogP contribution in [0.15, 0.2) is 30.5 Å². The zero-order valence-corrected chi connectivity index (χ0v) is 12.4. The highest BCUT2D eigenvalue weighted by atomic mass is 16.5. The molecule has 0 spiro atoms. The number of benzene rings is 1. The number of aromatic nitrogens is 1. The Bertz CT molecular complexity index is 585. The molecular weight excluding hydrogens is 252 g/mol. The third-order valence-electron chi connectivity index (χ3n) is 3.57. The molecule has 2 rings (SSSR count). The average Bonchev–Trinajstić information content (AvgIpc) is 2.83. The molecule has 0 atom stereocenters. The summed E-state index contributed by atoms with van der Waals surface area (Å²) in [5.41, 5.74) is 0.901.